The molecule has 0 aliphatic heterocycles. The van der Waals surface area contributed by atoms with E-state index in [0.717, 1.165) is 6.42 Å². The van der Waals surface area contributed by atoms with E-state index in [1.807, 2.05) is 18.2 Å². The van der Waals surface area contributed by atoms with Gasteiger partial charge in [0.15, 0.2) is 0 Å². The van der Waals surface area contributed by atoms with Gasteiger partial charge in [0, 0.05) is 0 Å². The fraction of sp³-hybridized carbons (Fsp3) is 0.667. The summed E-state index contributed by atoms with van der Waals surface area (Å²) >= 11 is 0. The zero-order valence-corrected chi connectivity index (χ0v) is 13.1. The van der Waals surface area contributed by atoms with Crippen molar-refractivity contribution < 1.29 is 9.47 Å². The zero-order valence-electron chi connectivity index (χ0n) is 13.1. The van der Waals surface area contributed by atoms with Crippen molar-refractivity contribution in [3.63, 3.8) is 0 Å². The Morgan fingerprint density at radius 3 is 2.40 bits per heavy atom. The van der Waals surface area contributed by atoms with Gasteiger partial charge >= 0.3 is 0 Å². The van der Waals surface area contributed by atoms with Gasteiger partial charge in [0.1, 0.15) is 6.79 Å². The summed E-state index contributed by atoms with van der Waals surface area (Å²) in [5.74, 6) is 0. The van der Waals surface area contributed by atoms with Crippen LogP contribution in [0.5, 0.6) is 0 Å². The van der Waals surface area contributed by atoms with E-state index < -0.39 is 0 Å². The quantitative estimate of drug-likeness (QED) is 0.381. The van der Waals surface area contributed by atoms with E-state index in [1.165, 1.54) is 44.1 Å². The molecule has 0 aliphatic carbocycles. The SMILES string of the molecule is CCCCCCCCC(C)OCOCc1ccccc1. The highest BCUT2D eigenvalue weighted by molar-refractivity contribution is 5.13. The Labute approximate surface area is 124 Å². The summed E-state index contributed by atoms with van der Waals surface area (Å²) in [6, 6.07) is 10.2. The first kappa shape index (κ1) is 17.2. The average molecular weight is 278 g/mol. The third-order valence-corrected chi connectivity index (χ3v) is 3.51. The highest BCUT2D eigenvalue weighted by Gasteiger charge is 2.02. The monoisotopic (exact) mass is 278 g/mol. The summed E-state index contributed by atoms with van der Waals surface area (Å²) in [6.45, 7) is 5.42. The molecule has 0 spiro atoms. The van der Waals surface area contributed by atoms with Gasteiger partial charge in [-0.25, -0.2) is 0 Å². The molecule has 114 valence electrons. The molecule has 0 aliphatic rings. The Hall–Kier alpha value is -0.860. The molecule has 1 aromatic rings. The van der Waals surface area contributed by atoms with Crippen LogP contribution in [0.4, 0.5) is 0 Å². The molecule has 0 saturated carbocycles. The first-order valence-electron chi connectivity index (χ1n) is 8.06. The van der Waals surface area contributed by atoms with Crippen molar-refractivity contribution in [2.45, 2.75) is 71.5 Å². The minimum absolute atomic E-state index is 0.303. The second-order valence-electron chi connectivity index (χ2n) is 5.49. The smallest absolute Gasteiger partial charge is 0.147 e. The number of rotatable bonds is 12. The predicted molar refractivity (Wildman–Crippen MR) is 84.6 cm³/mol. The zero-order chi connectivity index (χ0) is 14.5. The van der Waals surface area contributed by atoms with E-state index in [-0.39, 0.29) is 0 Å². The molecule has 0 fully saturated rings. The molecule has 0 N–H and O–H groups in total. The highest BCUT2D eigenvalue weighted by Crippen LogP contribution is 2.10. The van der Waals surface area contributed by atoms with Gasteiger partial charge in [0.25, 0.3) is 0 Å². The van der Waals surface area contributed by atoms with Crippen molar-refractivity contribution in [1.82, 2.24) is 0 Å². The lowest BCUT2D eigenvalue weighted by atomic mass is 10.1. The van der Waals surface area contributed by atoms with Crippen molar-refractivity contribution in [2.24, 2.45) is 0 Å². The number of unbranched alkanes of at least 4 members (excludes halogenated alkanes) is 5. The first-order chi connectivity index (χ1) is 9.83. The summed E-state index contributed by atoms with van der Waals surface area (Å²) < 4.78 is 11.2. The van der Waals surface area contributed by atoms with Crippen molar-refractivity contribution in [2.75, 3.05) is 6.79 Å². The maximum atomic E-state index is 5.67. The van der Waals surface area contributed by atoms with Crippen LogP contribution in [-0.2, 0) is 16.1 Å². The molecule has 1 atom stereocenters. The minimum Gasteiger partial charge on any atom is -0.352 e. The number of benzene rings is 1. The van der Waals surface area contributed by atoms with Crippen LogP contribution in [0.15, 0.2) is 30.3 Å². The van der Waals surface area contributed by atoms with Gasteiger partial charge in [0.05, 0.1) is 12.7 Å². The Morgan fingerprint density at radius 2 is 1.65 bits per heavy atom. The molecule has 20 heavy (non-hydrogen) atoms. The highest BCUT2D eigenvalue weighted by atomic mass is 16.7. The normalized spacial score (nSPS) is 12.5. The van der Waals surface area contributed by atoms with Crippen molar-refractivity contribution in [3.8, 4) is 0 Å². The fourth-order valence-corrected chi connectivity index (χ4v) is 2.19. The number of hydrogen-bond acceptors (Lipinski definition) is 2. The molecule has 0 bridgehead atoms. The molecule has 2 heteroatoms. The van der Waals surface area contributed by atoms with Gasteiger partial charge in [-0.3, -0.25) is 0 Å². The van der Waals surface area contributed by atoms with Crippen LogP contribution in [0, 0.1) is 0 Å². The molecule has 0 radical (unpaired) electrons. The Bertz CT molecular complexity index is 310. The average Bonchev–Trinajstić information content (AvgIpc) is 2.48. The summed E-state index contributed by atoms with van der Waals surface area (Å²) in [5, 5.41) is 0. The minimum atomic E-state index is 0.303. The lowest BCUT2D eigenvalue weighted by Gasteiger charge is -2.13. The van der Waals surface area contributed by atoms with Gasteiger partial charge in [-0.05, 0) is 18.9 Å². The van der Waals surface area contributed by atoms with E-state index >= 15 is 0 Å². The van der Waals surface area contributed by atoms with Crippen LogP contribution in [0.3, 0.4) is 0 Å². The summed E-state index contributed by atoms with van der Waals surface area (Å²) in [5.41, 5.74) is 1.19. The molecular formula is C18H30O2. The van der Waals surface area contributed by atoms with E-state index in [1.54, 1.807) is 0 Å². The third kappa shape index (κ3) is 9.11. The van der Waals surface area contributed by atoms with Crippen molar-refractivity contribution in [1.29, 1.82) is 0 Å². The lowest BCUT2D eigenvalue weighted by Crippen LogP contribution is -2.11. The number of ether oxygens (including phenoxy) is 2. The molecule has 0 aromatic heterocycles. The topological polar surface area (TPSA) is 18.5 Å². The second kappa shape index (κ2) is 11.9. The third-order valence-electron chi connectivity index (χ3n) is 3.51. The molecule has 1 aromatic carbocycles. The summed E-state index contributed by atoms with van der Waals surface area (Å²) in [6.07, 6.45) is 9.48. The van der Waals surface area contributed by atoms with E-state index in [9.17, 15) is 0 Å². The second-order valence-corrected chi connectivity index (χ2v) is 5.49. The van der Waals surface area contributed by atoms with Crippen molar-refractivity contribution >= 4 is 0 Å². The van der Waals surface area contributed by atoms with Crippen LogP contribution in [0.25, 0.3) is 0 Å². The molecule has 0 heterocycles. The van der Waals surface area contributed by atoms with E-state index in [4.69, 9.17) is 9.47 Å². The van der Waals surface area contributed by atoms with Gasteiger partial charge in [0.2, 0.25) is 0 Å². The van der Waals surface area contributed by atoms with Gasteiger partial charge in [-0.15, -0.1) is 0 Å². The van der Waals surface area contributed by atoms with Crippen molar-refractivity contribution in [3.05, 3.63) is 35.9 Å². The van der Waals surface area contributed by atoms with Crippen LogP contribution in [0.1, 0.15) is 64.4 Å². The predicted octanol–water partition coefficient (Wildman–Crippen LogP) is 5.32. The van der Waals surface area contributed by atoms with Crippen LogP contribution in [-0.4, -0.2) is 12.9 Å². The van der Waals surface area contributed by atoms with Gasteiger partial charge in [-0.1, -0.05) is 75.8 Å². The number of hydrogen-bond donors (Lipinski definition) is 0. The first-order valence-corrected chi connectivity index (χ1v) is 8.06. The molecule has 2 nitrogen and oxygen atoms in total. The largest absolute Gasteiger partial charge is 0.352 e. The van der Waals surface area contributed by atoms with E-state index in [2.05, 4.69) is 26.0 Å². The Kier molecular flexibility index (Phi) is 10.3. The Morgan fingerprint density at radius 1 is 0.950 bits per heavy atom. The van der Waals surface area contributed by atoms with Crippen LogP contribution in [0.2, 0.25) is 0 Å². The molecule has 0 saturated heterocycles. The maximum Gasteiger partial charge on any atom is 0.147 e. The Balaban J connectivity index is 1.91. The van der Waals surface area contributed by atoms with Gasteiger partial charge < -0.3 is 9.47 Å². The molecule has 1 rings (SSSR count). The van der Waals surface area contributed by atoms with E-state index in [0.29, 0.717) is 19.5 Å². The maximum absolute atomic E-state index is 5.67. The van der Waals surface area contributed by atoms with Gasteiger partial charge in [-0.2, -0.15) is 0 Å². The molecular weight excluding hydrogens is 248 g/mol. The summed E-state index contributed by atoms with van der Waals surface area (Å²) in [4.78, 5) is 0. The standard InChI is InChI=1S/C18H30O2/c1-3-4-5-6-7-9-12-17(2)20-16-19-15-18-13-10-8-11-14-18/h8,10-11,13-14,17H,3-7,9,12,15-16H2,1-2H3. The summed E-state index contributed by atoms with van der Waals surface area (Å²) in [7, 11) is 0. The van der Waals surface area contributed by atoms with Crippen LogP contribution >= 0.6 is 0 Å². The lowest BCUT2D eigenvalue weighted by molar-refractivity contribution is -0.0926. The van der Waals surface area contributed by atoms with Crippen LogP contribution < -0.4 is 0 Å². The fourth-order valence-electron chi connectivity index (χ4n) is 2.19. The molecule has 1 unspecified atom stereocenters. The molecule has 0 amide bonds.